The van der Waals surface area contributed by atoms with Gasteiger partial charge >= 0.3 is 0 Å². The minimum absolute atomic E-state index is 0.328. The van der Waals surface area contributed by atoms with Crippen LogP contribution in [0.15, 0.2) is 10.8 Å². The Hall–Kier alpha value is -0.520. The molecule has 0 saturated carbocycles. The van der Waals surface area contributed by atoms with Crippen LogP contribution in [0.2, 0.25) is 0 Å². The molecular weight excluding hydrogens is 150 g/mol. The van der Waals surface area contributed by atoms with Gasteiger partial charge in [0.25, 0.3) is 0 Å². The highest BCUT2D eigenvalue weighted by Crippen LogP contribution is 2.26. The van der Waals surface area contributed by atoms with Crippen molar-refractivity contribution in [2.45, 2.75) is 13.3 Å². The van der Waals surface area contributed by atoms with Crippen LogP contribution in [-0.4, -0.2) is 5.17 Å². The van der Waals surface area contributed by atoms with Crippen LogP contribution in [0.25, 0.3) is 0 Å². The van der Waals surface area contributed by atoms with Crippen molar-refractivity contribution in [1.29, 1.82) is 0 Å². The first-order chi connectivity index (χ1) is 4.66. The van der Waals surface area contributed by atoms with Crippen LogP contribution >= 0.6 is 10.7 Å². The second-order valence-corrected chi connectivity index (χ2v) is 3.42. The lowest BCUT2D eigenvalue weighted by Gasteiger charge is -1.98. The van der Waals surface area contributed by atoms with E-state index in [0.29, 0.717) is 16.0 Å². The van der Waals surface area contributed by atoms with Crippen LogP contribution in [0.3, 0.4) is 0 Å². The van der Waals surface area contributed by atoms with Gasteiger partial charge in [-0.05, 0) is 10.7 Å². The summed E-state index contributed by atoms with van der Waals surface area (Å²) in [4.78, 5) is 0. The highest BCUT2D eigenvalue weighted by molar-refractivity contribution is 8.17. The smallest absolute Gasteiger partial charge is 0.214 e. The quantitative estimate of drug-likeness (QED) is 0.462. The average molecular weight is 161 g/mol. The van der Waals surface area contributed by atoms with Crippen LogP contribution in [0.1, 0.15) is 13.3 Å². The Kier molecular flexibility index (Phi) is 1.98. The van der Waals surface area contributed by atoms with Crippen LogP contribution < -0.4 is 16.6 Å². The molecule has 10 heavy (non-hydrogen) atoms. The summed E-state index contributed by atoms with van der Waals surface area (Å²) in [5.74, 6) is 0.711. The molecule has 1 aliphatic heterocycles. The van der Waals surface area contributed by atoms with Crippen molar-refractivity contribution in [2.24, 2.45) is 16.6 Å². The highest BCUT2D eigenvalue weighted by Gasteiger charge is 2.16. The number of allylic oxidation sites excluding steroid dienone is 1. The van der Waals surface area contributed by atoms with Crippen LogP contribution in [-0.2, 0) is 4.74 Å². The van der Waals surface area contributed by atoms with Gasteiger partial charge in [0.15, 0.2) is 0 Å². The van der Waals surface area contributed by atoms with Gasteiger partial charge in [0.05, 0.1) is 0 Å². The molecule has 1 aliphatic rings. The third-order valence-corrected chi connectivity index (χ3v) is 2.49. The van der Waals surface area contributed by atoms with E-state index in [1.54, 1.807) is 0 Å². The summed E-state index contributed by atoms with van der Waals surface area (Å²) in [5, 5.41) is 6.46. The van der Waals surface area contributed by atoms with E-state index in [0.717, 1.165) is 6.42 Å². The lowest BCUT2D eigenvalue weighted by atomic mass is 10.4. The zero-order valence-corrected chi connectivity index (χ0v) is 6.57. The first-order valence-electron chi connectivity index (χ1n) is 2.94. The second-order valence-electron chi connectivity index (χ2n) is 1.90. The van der Waals surface area contributed by atoms with Gasteiger partial charge in [0.1, 0.15) is 10.8 Å². The number of hydrogen-bond donors (Lipinski definition) is 3. The molecule has 0 saturated heterocycles. The summed E-state index contributed by atoms with van der Waals surface area (Å²) in [6, 6.07) is 0. The molecule has 1 atom stereocenters. The molecule has 0 radical (unpaired) electrons. The van der Waals surface area contributed by atoms with Crippen LogP contribution in [0.4, 0.5) is 0 Å². The third-order valence-electron chi connectivity index (χ3n) is 1.27. The third kappa shape index (κ3) is 1.03. The van der Waals surface area contributed by atoms with E-state index in [1.807, 2.05) is 6.92 Å². The van der Waals surface area contributed by atoms with E-state index >= 15 is 0 Å². The standard InChI is InChI=1S/C5H11N3OS/c1-2-3-4(6)10(8)5(7)9-3/h2,6-8H2,1H3. The maximum absolute atomic E-state index is 5.56. The fourth-order valence-electron chi connectivity index (χ4n) is 0.694. The van der Waals surface area contributed by atoms with E-state index in [9.17, 15) is 0 Å². The zero-order valence-electron chi connectivity index (χ0n) is 5.76. The Bertz CT molecular complexity index is 221. The van der Waals surface area contributed by atoms with Gasteiger partial charge in [-0.25, -0.2) is 0 Å². The normalized spacial score (nSPS) is 25.5. The summed E-state index contributed by atoms with van der Waals surface area (Å²) >= 11 is 0. The van der Waals surface area contributed by atoms with Gasteiger partial charge in [-0.1, -0.05) is 6.92 Å². The van der Waals surface area contributed by atoms with Crippen molar-refractivity contribution in [1.82, 2.24) is 0 Å². The fourth-order valence-corrected chi connectivity index (χ4v) is 1.53. The molecule has 0 aliphatic carbocycles. The number of hydrogen-bond acceptors (Lipinski definition) is 4. The predicted molar refractivity (Wildman–Crippen MR) is 43.6 cm³/mol. The zero-order chi connectivity index (χ0) is 7.72. The Labute approximate surface area is 62.1 Å². The lowest BCUT2D eigenvalue weighted by molar-refractivity contribution is 0.404. The number of nitrogens with two attached hydrogens (primary N) is 3. The molecule has 1 rings (SSSR count). The van der Waals surface area contributed by atoms with E-state index in [2.05, 4.69) is 0 Å². The van der Waals surface area contributed by atoms with Crippen molar-refractivity contribution in [3.63, 3.8) is 0 Å². The summed E-state index contributed by atoms with van der Waals surface area (Å²) < 4.78 is 5.07. The second kappa shape index (κ2) is 2.61. The van der Waals surface area contributed by atoms with Gasteiger partial charge < -0.3 is 10.5 Å². The Morgan fingerprint density at radius 2 is 2.10 bits per heavy atom. The van der Waals surface area contributed by atoms with Crippen molar-refractivity contribution in [3.05, 3.63) is 10.8 Å². The van der Waals surface area contributed by atoms with Gasteiger partial charge in [-0.2, -0.15) is 0 Å². The molecule has 5 heteroatoms. The van der Waals surface area contributed by atoms with Crippen molar-refractivity contribution in [3.8, 4) is 0 Å². The average Bonchev–Trinajstić information content (AvgIpc) is 2.17. The summed E-state index contributed by atoms with van der Waals surface area (Å²) in [6.45, 7) is 1.94. The molecule has 0 aromatic heterocycles. The van der Waals surface area contributed by atoms with Gasteiger partial charge in [0, 0.05) is 6.42 Å². The first kappa shape index (κ1) is 7.59. The topological polar surface area (TPSA) is 87.3 Å². The fraction of sp³-hybridized carbons (Fsp3) is 0.400. The largest absolute Gasteiger partial charge is 0.441 e. The highest BCUT2D eigenvalue weighted by atomic mass is 32.2. The van der Waals surface area contributed by atoms with E-state index in [-0.39, 0.29) is 0 Å². The number of rotatable bonds is 1. The molecule has 0 aromatic rings. The molecule has 0 aromatic carbocycles. The van der Waals surface area contributed by atoms with Gasteiger partial charge in [0.2, 0.25) is 5.17 Å². The summed E-state index contributed by atoms with van der Waals surface area (Å²) in [5.41, 5.74) is 11.0. The molecule has 4 nitrogen and oxygen atoms in total. The maximum atomic E-state index is 5.56. The minimum atomic E-state index is -0.663. The molecule has 0 spiro atoms. The van der Waals surface area contributed by atoms with Gasteiger partial charge in [-0.3, -0.25) is 10.9 Å². The molecule has 1 heterocycles. The molecule has 58 valence electrons. The first-order valence-corrected chi connectivity index (χ1v) is 4.23. The lowest BCUT2D eigenvalue weighted by Crippen LogP contribution is -2.13. The van der Waals surface area contributed by atoms with E-state index in [1.165, 1.54) is 0 Å². The maximum Gasteiger partial charge on any atom is 0.214 e. The van der Waals surface area contributed by atoms with Gasteiger partial charge in [-0.15, -0.1) is 0 Å². The Morgan fingerprint density at radius 1 is 1.50 bits per heavy atom. The SMILES string of the molecule is CCC1=C(N)S(N)=C(N)O1. The molecule has 6 N–H and O–H groups in total. The molecule has 0 amide bonds. The van der Waals surface area contributed by atoms with Crippen LogP contribution in [0, 0.1) is 0 Å². The molecule has 0 bridgehead atoms. The summed E-state index contributed by atoms with van der Waals surface area (Å²) in [7, 11) is -0.663. The van der Waals surface area contributed by atoms with Crippen molar-refractivity contribution < 1.29 is 4.74 Å². The van der Waals surface area contributed by atoms with Crippen molar-refractivity contribution >= 4 is 15.8 Å². The number of ether oxygens (including phenoxy) is 1. The van der Waals surface area contributed by atoms with Crippen molar-refractivity contribution in [2.75, 3.05) is 0 Å². The monoisotopic (exact) mass is 161 g/mol. The molecule has 1 unspecified atom stereocenters. The van der Waals surface area contributed by atoms with Crippen LogP contribution in [0.5, 0.6) is 0 Å². The molecular formula is C5H11N3OS. The Morgan fingerprint density at radius 3 is 2.30 bits per heavy atom. The minimum Gasteiger partial charge on any atom is -0.441 e. The van der Waals surface area contributed by atoms with E-state index in [4.69, 9.17) is 21.3 Å². The molecule has 0 fully saturated rings. The Balaban J connectivity index is 2.89. The predicted octanol–water partition coefficient (Wildman–Crippen LogP) is -0.257. The van der Waals surface area contributed by atoms with E-state index < -0.39 is 10.7 Å². The summed E-state index contributed by atoms with van der Waals surface area (Å²) in [6.07, 6.45) is 0.743.